The number of aromatic nitrogens is 2. The minimum Gasteiger partial charge on any atom is -0.464 e. The molecule has 0 aliphatic rings. The van der Waals surface area contributed by atoms with Gasteiger partial charge in [0.05, 0.1) is 13.2 Å². The molecule has 0 aliphatic heterocycles. The second kappa shape index (κ2) is 9.63. The summed E-state index contributed by atoms with van der Waals surface area (Å²) in [6.45, 7) is 4.17. The summed E-state index contributed by atoms with van der Waals surface area (Å²) in [5, 5.41) is 13.8. The molecule has 0 radical (unpaired) electrons. The molecule has 160 valence electrons. The SMILES string of the molecule is CCOC(=O)C(C)(NC(=O)c1ncn(Cc2ccccc2)c1[N+](=O)[O-])C(=O)OCC. The zero-order valence-electron chi connectivity index (χ0n) is 16.8. The third-order valence-corrected chi connectivity index (χ3v) is 4.12. The molecule has 11 heteroatoms. The number of hydrogen-bond acceptors (Lipinski definition) is 8. The molecule has 1 heterocycles. The van der Waals surface area contributed by atoms with Crippen LogP contribution in [0.1, 0.15) is 36.8 Å². The van der Waals surface area contributed by atoms with E-state index in [0.29, 0.717) is 0 Å². The van der Waals surface area contributed by atoms with Gasteiger partial charge >= 0.3 is 17.8 Å². The van der Waals surface area contributed by atoms with Crippen LogP contribution in [0.5, 0.6) is 0 Å². The molecule has 0 unspecified atom stereocenters. The normalized spacial score (nSPS) is 10.9. The summed E-state index contributed by atoms with van der Waals surface area (Å²) < 4.78 is 10.9. The van der Waals surface area contributed by atoms with Crippen molar-refractivity contribution in [2.24, 2.45) is 0 Å². The van der Waals surface area contributed by atoms with Gasteiger partial charge in [0.25, 0.3) is 5.91 Å². The highest BCUT2D eigenvalue weighted by Gasteiger charge is 2.47. The first-order valence-electron chi connectivity index (χ1n) is 9.15. The number of carbonyl (C=O) groups excluding carboxylic acids is 3. The van der Waals surface area contributed by atoms with Gasteiger partial charge in [0.1, 0.15) is 6.54 Å². The van der Waals surface area contributed by atoms with Crippen molar-refractivity contribution >= 4 is 23.7 Å². The Morgan fingerprint density at radius 3 is 2.20 bits per heavy atom. The highest BCUT2D eigenvalue weighted by Crippen LogP contribution is 2.21. The van der Waals surface area contributed by atoms with Crippen molar-refractivity contribution in [2.45, 2.75) is 32.9 Å². The average molecular weight is 418 g/mol. The fraction of sp³-hybridized carbons (Fsp3) is 0.368. The van der Waals surface area contributed by atoms with Crippen LogP contribution in [0, 0.1) is 10.1 Å². The molecule has 0 spiro atoms. The smallest absolute Gasteiger partial charge is 0.356 e. The van der Waals surface area contributed by atoms with Gasteiger partial charge in [-0.1, -0.05) is 30.3 Å². The Morgan fingerprint density at radius 1 is 1.13 bits per heavy atom. The van der Waals surface area contributed by atoms with Gasteiger partial charge in [-0.05, 0) is 31.3 Å². The maximum absolute atomic E-state index is 12.8. The molecule has 1 aromatic heterocycles. The Kier molecular flexibility index (Phi) is 7.23. The molecule has 1 aromatic carbocycles. The highest BCUT2D eigenvalue weighted by atomic mass is 16.6. The maximum Gasteiger partial charge on any atom is 0.356 e. The highest BCUT2D eigenvalue weighted by molar-refractivity contribution is 6.10. The fourth-order valence-electron chi connectivity index (χ4n) is 2.65. The predicted molar refractivity (Wildman–Crippen MR) is 104 cm³/mol. The zero-order valence-corrected chi connectivity index (χ0v) is 16.8. The van der Waals surface area contributed by atoms with Crippen molar-refractivity contribution in [3.8, 4) is 0 Å². The van der Waals surface area contributed by atoms with Crippen molar-refractivity contribution in [3.05, 3.63) is 58.0 Å². The van der Waals surface area contributed by atoms with Crippen LogP contribution in [0.25, 0.3) is 0 Å². The standard InChI is InChI=1S/C19H22N4O7/c1-4-29-17(25)19(3,18(26)30-5-2)21-15(24)14-16(23(27)28)22(12-20-14)11-13-9-7-6-8-10-13/h6-10,12H,4-5,11H2,1-3H3,(H,21,24). The van der Waals surface area contributed by atoms with E-state index in [2.05, 4.69) is 10.3 Å². The fourth-order valence-corrected chi connectivity index (χ4v) is 2.65. The van der Waals surface area contributed by atoms with Gasteiger partial charge in [0.15, 0.2) is 6.33 Å². The summed E-state index contributed by atoms with van der Waals surface area (Å²) in [5.41, 5.74) is -1.98. The van der Waals surface area contributed by atoms with E-state index in [1.165, 1.54) is 18.4 Å². The number of nitro groups is 1. The number of rotatable bonds is 9. The number of ether oxygens (including phenoxy) is 2. The number of amides is 1. The molecular formula is C19H22N4O7. The molecule has 0 fully saturated rings. The van der Waals surface area contributed by atoms with Crippen LogP contribution in [0.4, 0.5) is 5.82 Å². The molecular weight excluding hydrogens is 396 g/mol. The van der Waals surface area contributed by atoms with Crippen molar-refractivity contribution in [3.63, 3.8) is 0 Å². The molecule has 0 aliphatic carbocycles. The minimum atomic E-state index is -2.19. The molecule has 0 saturated carbocycles. The van der Waals surface area contributed by atoms with Gasteiger partial charge in [-0.2, -0.15) is 0 Å². The number of carbonyl (C=O) groups is 3. The van der Waals surface area contributed by atoms with Crippen molar-refractivity contribution in [1.29, 1.82) is 0 Å². The van der Waals surface area contributed by atoms with Gasteiger partial charge in [-0.15, -0.1) is 0 Å². The summed E-state index contributed by atoms with van der Waals surface area (Å²) in [6.07, 6.45) is 1.14. The summed E-state index contributed by atoms with van der Waals surface area (Å²) in [4.78, 5) is 52.1. The third-order valence-electron chi connectivity index (χ3n) is 4.12. The lowest BCUT2D eigenvalue weighted by Crippen LogP contribution is -2.59. The third kappa shape index (κ3) is 4.80. The largest absolute Gasteiger partial charge is 0.464 e. The summed E-state index contributed by atoms with van der Waals surface area (Å²) in [7, 11) is 0. The van der Waals surface area contributed by atoms with E-state index in [1.54, 1.807) is 30.3 Å². The van der Waals surface area contributed by atoms with Crippen LogP contribution in [-0.4, -0.2) is 51.1 Å². The minimum absolute atomic E-state index is 0.0461. The van der Waals surface area contributed by atoms with Crippen molar-refractivity contribution in [1.82, 2.24) is 14.9 Å². The van der Waals surface area contributed by atoms with Gasteiger partial charge in [0.2, 0.25) is 11.2 Å². The summed E-state index contributed by atoms with van der Waals surface area (Å²) in [5.74, 6) is -3.77. The molecule has 2 aromatic rings. The number of imidazole rings is 1. The maximum atomic E-state index is 12.8. The second-order valence-electron chi connectivity index (χ2n) is 6.31. The Balaban J connectivity index is 2.37. The number of benzene rings is 1. The first-order chi connectivity index (χ1) is 14.2. The molecule has 11 nitrogen and oxygen atoms in total. The lowest BCUT2D eigenvalue weighted by molar-refractivity contribution is -0.392. The Labute approximate surface area is 172 Å². The van der Waals surface area contributed by atoms with Crippen LogP contribution in [0.3, 0.4) is 0 Å². The molecule has 30 heavy (non-hydrogen) atoms. The van der Waals surface area contributed by atoms with Gasteiger partial charge in [-0.3, -0.25) is 4.79 Å². The lowest BCUT2D eigenvalue weighted by Gasteiger charge is -2.25. The number of esters is 2. The molecule has 0 bridgehead atoms. The first kappa shape index (κ1) is 22.5. The lowest BCUT2D eigenvalue weighted by atomic mass is 10.0. The molecule has 0 atom stereocenters. The van der Waals surface area contributed by atoms with Gasteiger partial charge in [-0.25, -0.2) is 19.1 Å². The van der Waals surface area contributed by atoms with E-state index in [9.17, 15) is 24.5 Å². The van der Waals surface area contributed by atoms with Crippen LogP contribution in [0.2, 0.25) is 0 Å². The average Bonchev–Trinajstić information content (AvgIpc) is 3.13. The number of hydrogen-bond donors (Lipinski definition) is 1. The second-order valence-corrected chi connectivity index (χ2v) is 6.31. The van der Waals surface area contributed by atoms with E-state index < -0.39 is 39.8 Å². The first-order valence-corrected chi connectivity index (χ1v) is 9.15. The van der Waals surface area contributed by atoms with E-state index in [0.717, 1.165) is 18.8 Å². The molecule has 1 N–H and O–H groups in total. The van der Waals surface area contributed by atoms with Crippen molar-refractivity contribution < 1.29 is 28.8 Å². The van der Waals surface area contributed by atoms with Crippen LogP contribution in [-0.2, 0) is 25.6 Å². The van der Waals surface area contributed by atoms with E-state index in [1.807, 2.05) is 0 Å². The van der Waals surface area contributed by atoms with Gasteiger partial charge < -0.3 is 24.9 Å². The van der Waals surface area contributed by atoms with Crippen LogP contribution in [0.15, 0.2) is 36.7 Å². The van der Waals surface area contributed by atoms with E-state index >= 15 is 0 Å². The zero-order chi connectivity index (χ0) is 22.3. The number of nitrogens with zero attached hydrogens (tertiary/aromatic N) is 3. The Hall–Kier alpha value is -3.76. The molecule has 1 amide bonds. The van der Waals surface area contributed by atoms with Crippen LogP contribution < -0.4 is 5.32 Å². The van der Waals surface area contributed by atoms with Gasteiger partial charge in [0, 0.05) is 0 Å². The predicted octanol–water partition coefficient (Wildman–Crippen LogP) is 1.45. The number of nitrogens with one attached hydrogen (secondary N) is 1. The Bertz CT molecular complexity index is 922. The quantitative estimate of drug-likeness (QED) is 0.279. The van der Waals surface area contributed by atoms with Crippen LogP contribution >= 0.6 is 0 Å². The molecule has 0 saturated heterocycles. The molecule has 2 rings (SSSR count). The van der Waals surface area contributed by atoms with E-state index in [-0.39, 0.29) is 19.8 Å². The topological polar surface area (TPSA) is 143 Å². The summed E-state index contributed by atoms with van der Waals surface area (Å²) >= 11 is 0. The van der Waals surface area contributed by atoms with E-state index in [4.69, 9.17) is 9.47 Å². The Morgan fingerprint density at radius 2 is 1.70 bits per heavy atom. The van der Waals surface area contributed by atoms with Crippen molar-refractivity contribution in [2.75, 3.05) is 13.2 Å². The summed E-state index contributed by atoms with van der Waals surface area (Å²) in [6, 6.07) is 8.88. The monoisotopic (exact) mass is 418 g/mol.